The van der Waals surface area contributed by atoms with Gasteiger partial charge in [0, 0.05) is 29.2 Å². The molecule has 0 atom stereocenters. The van der Waals surface area contributed by atoms with Crippen molar-refractivity contribution in [1.82, 2.24) is 9.97 Å². The van der Waals surface area contributed by atoms with E-state index in [-0.39, 0.29) is 6.71 Å². The maximum Gasteiger partial charge on any atom is 0.242 e. The molecular weight excluding hydrogens is 473 g/mol. The summed E-state index contributed by atoms with van der Waals surface area (Å²) in [6, 6.07) is 47.9. The predicted molar refractivity (Wildman–Crippen MR) is 160 cm³/mol. The molecule has 0 saturated carbocycles. The molecule has 0 unspecified atom stereocenters. The maximum atomic E-state index is 5.03. The summed E-state index contributed by atoms with van der Waals surface area (Å²) < 4.78 is 0. The van der Waals surface area contributed by atoms with E-state index in [1.165, 1.54) is 38.6 Å². The van der Waals surface area contributed by atoms with Crippen LogP contribution in [-0.4, -0.2) is 16.7 Å². The summed E-state index contributed by atoms with van der Waals surface area (Å²) in [4.78, 5) is 12.3. The molecule has 4 aromatic carbocycles. The van der Waals surface area contributed by atoms with E-state index in [2.05, 4.69) is 132 Å². The Labute approximate surface area is 228 Å². The molecule has 0 saturated heterocycles. The molecule has 0 aliphatic carbocycles. The minimum absolute atomic E-state index is 0.136. The van der Waals surface area contributed by atoms with Crippen molar-refractivity contribution in [2.75, 3.05) is 4.90 Å². The summed E-state index contributed by atoms with van der Waals surface area (Å²) in [5, 5.41) is 0. The lowest BCUT2D eigenvalue weighted by atomic mass is 9.30. The van der Waals surface area contributed by atoms with E-state index >= 15 is 0 Å². The summed E-state index contributed by atoms with van der Waals surface area (Å²) in [5.41, 5.74) is 9.33. The molecule has 0 radical (unpaired) electrons. The molecule has 8 rings (SSSR count). The van der Waals surface area contributed by atoms with Crippen LogP contribution in [0.2, 0.25) is 0 Å². The Bertz CT molecular complexity index is 1600. The topological polar surface area (TPSA) is 29.0 Å². The van der Waals surface area contributed by atoms with Crippen molar-refractivity contribution >= 4 is 40.4 Å². The van der Waals surface area contributed by atoms with Gasteiger partial charge in [-0.3, -0.25) is 4.90 Å². The molecule has 6 aromatic rings. The zero-order chi connectivity index (χ0) is 25.8. The first-order chi connectivity index (χ1) is 19.4. The van der Waals surface area contributed by atoms with Crippen LogP contribution in [0.1, 0.15) is 22.3 Å². The lowest BCUT2D eigenvalue weighted by Crippen LogP contribution is -2.62. The van der Waals surface area contributed by atoms with Crippen molar-refractivity contribution in [3.63, 3.8) is 0 Å². The summed E-state index contributed by atoms with van der Waals surface area (Å²) in [7, 11) is 0. The Morgan fingerprint density at radius 1 is 0.462 bits per heavy atom. The highest BCUT2D eigenvalue weighted by Gasteiger charge is 2.53. The Kier molecular flexibility index (Phi) is 4.83. The van der Waals surface area contributed by atoms with Crippen molar-refractivity contribution in [1.29, 1.82) is 0 Å². The van der Waals surface area contributed by atoms with E-state index in [1.807, 2.05) is 18.5 Å². The number of pyridine rings is 2. The van der Waals surface area contributed by atoms with Gasteiger partial charge in [0.15, 0.2) is 0 Å². The van der Waals surface area contributed by atoms with Gasteiger partial charge in [0.2, 0.25) is 6.71 Å². The second-order valence-corrected chi connectivity index (χ2v) is 10.2. The van der Waals surface area contributed by atoms with Gasteiger partial charge < -0.3 is 0 Å². The molecule has 0 bridgehead atoms. The molecule has 3 nitrogen and oxygen atoms in total. The minimum Gasteiger partial charge on any atom is -0.278 e. The van der Waals surface area contributed by atoms with E-state index in [1.54, 1.807) is 0 Å². The number of fused-ring (bicyclic) bond motifs is 8. The highest BCUT2D eigenvalue weighted by Crippen LogP contribution is 2.56. The third-order valence-electron chi connectivity index (χ3n) is 8.30. The standard InChI is InChI=1S/C35H24BN3/c1-3-13-25(14-4-1)36-31-21-9-7-17-27(31)35(28-18-8-10-22-32(28)36)29-19-11-23-37-33(29)39(26-15-5-2-6-16-26)34-30(35)20-12-24-38-34/h1-24H. The molecule has 182 valence electrons. The second-order valence-electron chi connectivity index (χ2n) is 10.2. The first-order valence-electron chi connectivity index (χ1n) is 13.4. The monoisotopic (exact) mass is 497 g/mol. The summed E-state index contributed by atoms with van der Waals surface area (Å²) in [6.07, 6.45) is 3.79. The lowest BCUT2D eigenvalue weighted by Gasteiger charge is -2.49. The lowest BCUT2D eigenvalue weighted by molar-refractivity contribution is 0.722. The molecular formula is C35H24BN3. The first kappa shape index (κ1) is 22.1. The summed E-state index contributed by atoms with van der Waals surface area (Å²) in [5.74, 6) is 1.83. The van der Waals surface area contributed by atoms with Gasteiger partial charge in [-0.1, -0.05) is 126 Å². The molecule has 2 aliphatic heterocycles. The van der Waals surface area contributed by atoms with Crippen LogP contribution >= 0.6 is 0 Å². The number of hydrogen-bond donors (Lipinski definition) is 0. The molecule has 2 aromatic heterocycles. The third kappa shape index (κ3) is 3.00. The summed E-state index contributed by atoms with van der Waals surface area (Å²) in [6.45, 7) is 0.136. The highest BCUT2D eigenvalue weighted by molar-refractivity contribution is 6.96. The number of para-hydroxylation sites is 1. The molecule has 1 spiro atoms. The Morgan fingerprint density at radius 3 is 1.49 bits per heavy atom. The third-order valence-corrected chi connectivity index (χ3v) is 8.30. The van der Waals surface area contributed by atoms with Crippen LogP contribution in [0.4, 0.5) is 17.3 Å². The normalized spacial score (nSPS) is 14.3. The molecule has 0 amide bonds. The van der Waals surface area contributed by atoms with E-state index in [9.17, 15) is 0 Å². The van der Waals surface area contributed by atoms with Gasteiger partial charge in [0.25, 0.3) is 0 Å². The van der Waals surface area contributed by atoms with Crippen molar-refractivity contribution < 1.29 is 0 Å². The zero-order valence-electron chi connectivity index (χ0n) is 21.3. The minimum atomic E-state index is -0.559. The van der Waals surface area contributed by atoms with E-state index in [0.717, 1.165) is 17.3 Å². The number of anilines is 3. The average Bonchev–Trinajstić information content (AvgIpc) is 3.02. The van der Waals surface area contributed by atoms with Crippen LogP contribution in [0.25, 0.3) is 0 Å². The largest absolute Gasteiger partial charge is 0.278 e. The van der Waals surface area contributed by atoms with Crippen molar-refractivity contribution in [3.8, 4) is 0 Å². The van der Waals surface area contributed by atoms with Crippen LogP contribution in [0.3, 0.4) is 0 Å². The Morgan fingerprint density at radius 2 is 0.923 bits per heavy atom. The van der Waals surface area contributed by atoms with E-state index in [0.29, 0.717) is 0 Å². The van der Waals surface area contributed by atoms with Crippen molar-refractivity contribution in [2.45, 2.75) is 5.41 Å². The Balaban J connectivity index is 1.53. The van der Waals surface area contributed by atoms with Gasteiger partial charge in [-0.05, 0) is 35.4 Å². The zero-order valence-corrected chi connectivity index (χ0v) is 21.3. The fraction of sp³-hybridized carbons (Fsp3) is 0.0286. The number of aromatic nitrogens is 2. The second kappa shape index (κ2) is 8.54. The number of nitrogens with zero attached hydrogens (tertiary/aromatic N) is 3. The van der Waals surface area contributed by atoms with Crippen LogP contribution < -0.4 is 21.3 Å². The van der Waals surface area contributed by atoms with E-state index < -0.39 is 5.41 Å². The number of hydrogen-bond acceptors (Lipinski definition) is 3. The average molecular weight is 497 g/mol. The maximum absolute atomic E-state index is 5.03. The van der Waals surface area contributed by atoms with Crippen LogP contribution in [0, 0.1) is 0 Å². The summed E-state index contributed by atoms with van der Waals surface area (Å²) >= 11 is 0. The number of benzene rings is 4. The van der Waals surface area contributed by atoms with Crippen molar-refractivity contribution in [2.24, 2.45) is 0 Å². The van der Waals surface area contributed by atoms with Gasteiger partial charge in [-0.25, -0.2) is 9.97 Å². The van der Waals surface area contributed by atoms with Crippen LogP contribution in [-0.2, 0) is 5.41 Å². The van der Waals surface area contributed by atoms with Crippen LogP contribution in [0.15, 0.2) is 146 Å². The van der Waals surface area contributed by atoms with Gasteiger partial charge in [0.1, 0.15) is 11.6 Å². The van der Waals surface area contributed by atoms with Gasteiger partial charge in [-0.2, -0.15) is 0 Å². The molecule has 0 fully saturated rings. The highest BCUT2D eigenvalue weighted by atomic mass is 15.3. The Hall–Kier alpha value is -4.96. The van der Waals surface area contributed by atoms with E-state index in [4.69, 9.17) is 9.97 Å². The van der Waals surface area contributed by atoms with Gasteiger partial charge >= 0.3 is 0 Å². The molecule has 4 heterocycles. The van der Waals surface area contributed by atoms with Gasteiger partial charge in [-0.15, -0.1) is 0 Å². The SMILES string of the molecule is c1ccc(B2c3ccccc3C3(c4ccccc42)c2cccnc2N(c2ccccc2)c2ncccc23)cc1. The predicted octanol–water partition coefficient (Wildman–Crippen LogP) is 5.47. The molecule has 39 heavy (non-hydrogen) atoms. The van der Waals surface area contributed by atoms with Crippen LogP contribution in [0.5, 0.6) is 0 Å². The fourth-order valence-electron chi connectivity index (χ4n) is 6.88. The molecule has 2 aliphatic rings. The molecule has 0 N–H and O–H groups in total. The molecule has 4 heteroatoms. The fourth-order valence-corrected chi connectivity index (χ4v) is 6.88. The quantitative estimate of drug-likeness (QED) is 0.297. The van der Waals surface area contributed by atoms with Gasteiger partial charge in [0.05, 0.1) is 5.41 Å². The number of rotatable bonds is 2. The van der Waals surface area contributed by atoms with Crippen molar-refractivity contribution in [3.05, 3.63) is 168 Å². The smallest absolute Gasteiger partial charge is 0.242 e. The first-order valence-corrected chi connectivity index (χ1v) is 13.4.